The normalized spacial score (nSPS) is 10.7. The molecule has 0 aromatic heterocycles. The fraction of sp³-hybridized carbons (Fsp3) is 0.278. The van der Waals surface area contributed by atoms with Gasteiger partial charge in [-0.15, -0.1) is 0 Å². The number of hydrogen-bond acceptors (Lipinski definition) is 4. The number of benzene rings is 4. The second kappa shape index (κ2) is 16.1. The third kappa shape index (κ3) is 9.17. The van der Waals surface area contributed by atoms with E-state index in [4.69, 9.17) is 9.47 Å². The zero-order valence-corrected chi connectivity index (χ0v) is 24.5. The van der Waals surface area contributed by atoms with Gasteiger partial charge >= 0.3 is 5.97 Å². The summed E-state index contributed by atoms with van der Waals surface area (Å²) in [6.07, 6.45) is 7.61. The second-order valence-electron chi connectivity index (χ2n) is 10.4. The minimum Gasteiger partial charge on any atom is -0.497 e. The number of carbonyl (C=O) groups excluding carboxylic acids is 1. The van der Waals surface area contributed by atoms with E-state index >= 15 is 4.39 Å². The van der Waals surface area contributed by atoms with Crippen LogP contribution in [0.2, 0.25) is 0 Å². The molecule has 0 aliphatic rings. The van der Waals surface area contributed by atoms with Crippen molar-refractivity contribution in [2.45, 2.75) is 44.9 Å². The zero-order valence-electron chi connectivity index (χ0n) is 24.5. The molecule has 0 radical (unpaired) electrons. The standard InChI is InChI=1S/C36H38FNO5/c1-42-29-20-18-27(19-21-29)31-23-28(24-32(35(31)43-25-34(39)40)30-16-10-11-17-33(30)37)36(41)38-22-12-5-3-2-4-7-13-26-14-8-6-9-15-26/h6,8-11,14-21,23-24H,2-5,7,12-13,22,25H2,1H3,(H,38,41)(H,39,40). The van der Waals surface area contributed by atoms with Crippen LogP contribution in [-0.4, -0.2) is 37.2 Å². The topological polar surface area (TPSA) is 84.9 Å². The van der Waals surface area contributed by atoms with E-state index < -0.39 is 18.4 Å². The van der Waals surface area contributed by atoms with Crippen molar-refractivity contribution in [1.29, 1.82) is 0 Å². The van der Waals surface area contributed by atoms with Gasteiger partial charge in [-0.3, -0.25) is 4.79 Å². The van der Waals surface area contributed by atoms with Crippen LogP contribution in [0.5, 0.6) is 11.5 Å². The summed E-state index contributed by atoms with van der Waals surface area (Å²) in [4.78, 5) is 24.7. The highest BCUT2D eigenvalue weighted by atomic mass is 19.1. The van der Waals surface area contributed by atoms with Gasteiger partial charge in [0.25, 0.3) is 5.91 Å². The molecule has 0 fully saturated rings. The predicted octanol–water partition coefficient (Wildman–Crippen LogP) is 7.94. The van der Waals surface area contributed by atoms with Crippen molar-refractivity contribution in [2.24, 2.45) is 0 Å². The number of hydrogen-bond donors (Lipinski definition) is 2. The number of nitrogens with one attached hydrogen (secondary N) is 1. The first-order chi connectivity index (χ1) is 21.0. The Morgan fingerprint density at radius 2 is 1.42 bits per heavy atom. The molecule has 1 amide bonds. The van der Waals surface area contributed by atoms with E-state index in [-0.39, 0.29) is 17.2 Å². The smallest absolute Gasteiger partial charge is 0.341 e. The van der Waals surface area contributed by atoms with E-state index in [9.17, 15) is 14.7 Å². The molecule has 224 valence electrons. The minimum atomic E-state index is -1.17. The van der Waals surface area contributed by atoms with E-state index in [1.165, 1.54) is 24.5 Å². The molecule has 0 bridgehead atoms. The maximum Gasteiger partial charge on any atom is 0.341 e. The highest BCUT2D eigenvalue weighted by Crippen LogP contribution is 2.41. The highest BCUT2D eigenvalue weighted by Gasteiger charge is 2.21. The van der Waals surface area contributed by atoms with E-state index in [0.29, 0.717) is 34.5 Å². The molecule has 6 nitrogen and oxygen atoms in total. The van der Waals surface area contributed by atoms with Crippen molar-refractivity contribution in [3.05, 3.63) is 108 Å². The first kappa shape index (κ1) is 31.3. The van der Waals surface area contributed by atoms with Crippen LogP contribution in [0.3, 0.4) is 0 Å². The van der Waals surface area contributed by atoms with Crippen molar-refractivity contribution in [1.82, 2.24) is 5.32 Å². The van der Waals surface area contributed by atoms with Crippen LogP contribution in [0.4, 0.5) is 4.39 Å². The Labute approximate surface area is 252 Å². The number of methoxy groups -OCH3 is 1. The van der Waals surface area contributed by atoms with Crippen molar-refractivity contribution in [3.63, 3.8) is 0 Å². The number of carboxylic acid groups (broad SMARTS) is 1. The zero-order chi connectivity index (χ0) is 30.4. The van der Waals surface area contributed by atoms with Crippen molar-refractivity contribution in [3.8, 4) is 33.8 Å². The lowest BCUT2D eigenvalue weighted by atomic mass is 9.93. The number of rotatable bonds is 16. The molecule has 43 heavy (non-hydrogen) atoms. The van der Waals surface area contributed by atoms with Crippen LogP contribution in [0, 0.1) is 5.82 Å². The first-order valence-electron chi connectivity index (χ1n) is 14.7. The maximum atomic E-state index is 15.0. The summed E-state index contributed by atoms with van der Waals surface area (Å²) in [5.74, 6) is -1.15. The van der Waals surface area contributed by atoms with Crippen molar-refractivity contribution >= 4 is 11.9 Å². The molecule has 0 spiro atoms. The minimum absolute atomic E-state index is 0.182. The molecule has 0 aliphatic carbocycles. The Kier molecular flexibility index (Phi) is 11.7. The highest BCUT2D eigenvalue weighted by molar-refractivity contribution is 5.99. The summed E-state index contributed by atoms with van der Waals surface area (Å²) in [5.41, 5.74) is 3.35. The number of amides is 1. The third-order valence-corrected chi connectivity index (χ3v) is 7.28. The van der Waals surface area contributed by atoms with Crippen molar-refractivity contribution < 1.29 is 28.6 Å². The molecule has 7 heteroatoms. The molecule has 4 aromatic rings. The molecule has 0 unspecified atom stereocenters. The summed E-state index contributed by atoms with van der Waals surface area (Å²) >= 11 is 0. The van der Waals surface area contributed by atoms with E-state index in [1.807, 2.05) is 6.07 Å². The molecular weight excluding hydrogens is 545 g/mol. The van der Waals surface area contributed by atoms with Gasteiger partial charge in [0.05, 0.1) is 7.11 Å². The Morgan fingerprint density at radius 3 is 2.12 bits per heavy atom. The fourth-order valence-electron chi connectivity index (χ4n) is 5.02. The third-order valence-electron chi connectivity index (χ3n) is 7.28. The van der Waals surface area contributed by atoms with Crippen LogP contribution in [0.1, 0.15) is 54.4 Å². The number of carboxylic acids is 1. The Hall–Kier alpha value is -4.65. The van der Waals surface area contributed by atoms with Gasteiger partial charge in [-0.2, -0.15) is 0 Å². The SMILES string of the molecule is COc1ccc(-c2cc(C(=O)NCCCCCCCCc3ccccc3)cc(-c3ccccc3F)c2OCC(=O)O)cc1. The summed E-state index contributed by atoms with van der Waals surface area (Å²) < 4.78 is 26.0. The molecule has 4 rings (SSSR count). The largest absolute Gasteiger partial charge is 0.497 e. The van der Waals surface area contributed by atoms with Gasteiger partial charge < -0.3 is 19.9 Å². The van der Waals surface area contributed by atoms with Gasteiger partial charge in [0.15, 0.2) is 6.61 Å². The number of halogens is 1. The summed E-state index contributed by atoms with van der Waals surface area (Å²) in [7, 11) is 1.56. The lowest BCUT2D eigenvalue weighted by Crippen LogP contribution is -2.24. The van der Waals surface area contributed by atoms with Gasteiger partial charge in [-0.25, -0.2) is 9.18 Å². The van der Waals surface area contributed by atoms with Crippen molar-refractivity contribution in [2.75, 3.05) is 20.3 Å². The maximum absolute atomic E-state index is 15.0. The average molecular weight is 584 g/mol. The summed E-state index contributed by atoms with van der Waals surface area (Å²) in [6, 6.07) is 27.0. The number of ether oxygens (including phenoxy) is 2. The Balaban J connectivity index is 1.46. The number of aliphatic carboxylic acids is 1. The molecule has 0 aliphatic heterocycles. The number of carbonyl (C=O) groups is 2. The van der Waals surface area contributed by atoms with Crippen LogP contribution in [0.15, 0.2) is 91.0 Å². The van der Waals surface area contributed by atoms with Gasteiger partial charge in [-0.1, -0.05) is 86.3 Å². The number of aryl methyl sites for hydroxylation is 1. The van der Waals surface area contributed by atoms with E-state index in [1.54, 1.807) is 61.7 Å². The van der Waals surface area contributed by atoms with E-state index in [2.05, 4.69) is 29.6 Å². The average Bonchev–Trinajstić information content (AvgIpc) is 3.03. The Morgan fingerprint density at radius 1 is 0.767 bits per heavy atom. The summed E-state index contributed by atoms with van der Waals surface area (Å²) in [6.45, 7) is -0.102. The first-order valence-corrected chi connectivity index (χ1v) is 14.7. The lowest BCUT2D eigenvalue weighted by Gasteiger charge is -2.18. The summed E-state index contributed by atoms with van der Waals surface area (Å²) in [5, 5.41) is 12.3. The number of unbranched alkanes of at least 4 members (excludes halogenated alkanes) is 5. The monoisotopic (exact) mass is 583 g/mol. The molecule has 0 heterocycles. The molecule has 4 aromatic carbocycles. The molecule has 0 atom stereocenters. The van der Waals surface area contributed by atoms with Gasteiger partial charge in [-0.05, 0) is 60.7 Å². The van der Waals surface area contributed by atoms with Crippen LogP contribution in [-0.2, 0) is 11.2 Å². The predicted molar refractivity (Wildman–Crippen MR) is 167 cm³/mol. The van der Waals surface area contributed by atoms with Crippen LogP contribution >= 0.6 is 0 Å². The van der Waals surface area contributed by atoms with Gasteiger partial charge in [0.1, 0.15) is 17.3 Å². The second-order valence-corrected chi connectivity index (χ2v) is 10.4. The molecular formula is C36H38FNO5. The van der Waals surface area contributed by atoms with Gasteiger partial charge in [0, 0.05) is 28.8 Å². The Bertz CT molecular complexity index is 1490. The lowest BCUT2D eigenvalue weighted by molar-refractivity contribution is -0.139. The van der Waals surface area contributed by atoms with Gasteiger partial charge in [0.2, 0.25) is 0 Å². The fourth-order valence-corrected chi connectivity index (χ4v) is 5.02. The molecule has 0 saturated carbocycles. The quantitative estimate of drug-likeness (QED) is 0.131. The molecule has 2 N–H and O–H groups in total. The van der Waals surface area contributed by atoms with Crippen LogP contribution < -0.4 is 14.8 Å². The molecule has 0 saturated heterocycles. The van der Waals surface area contributed by atoms with E-state index in [0.717, 1.165) is 32.1 Å². The van der Waals surface area contributed by atoms with Crippen LogP contribution in [0.25, 0.3) is 22.3 Å².